The van der Waals surface area contributed by atoms with Crippen LogP contribution in [0.3, 0.4) is 0 Å². The number of phenolic OH excluding ortho intramolecular Hbond substituents is 4. The third-order valence-corrected chi connectivity index (χ3v) is 3.07. The molecule has 0 saturated carbocycles. The molecule has 4 N–H and O–H groups in total. The van der Waals surface area contributed by atoms with E-state index in [-0.39, 0.29) is 44.2 Å². The topological polar surface area (TPSA) is 80.9 Å². The molecule has 2 aromatic rings. The van der Waals surface area contributed by atoms with Gasteiger partial charge in [0.05, 0.1) is 0 Å². The van der Waals surface area contributed by atoms with Crippen molar-refractivity contribution < 1.29 is 20.4 Å². The van der Waals surface area contributed by atoms with Crippen molar-refractivity contribution in [1.29, 1.82) is 0 Å². The summed E-state index contributed by atoms with van der Waals surface area (Å²) < 4.78 is -0.174. The highest BCUT2D eigenvalue weighted by molar-refractivity contribution is 6.59. The normalized spacial score (nSPS) is 10.3. The van der Waals surface area contributed by atoms with Crippen LogP contribution in [0.2, 0.25) is 0 Å². The quantitative estimate of drug-likeness (QED) is 0.681. The SMILES string of the molecule is Oc1ccc(C(=C(Cl)Cl)c2ccc(O)cc2O)c(O)c1. The van der Waals surface area contributed by atoms with Gasteiger partial charge in [-0.15, -0.1) is 0 Å². The van der Waals surface area contributed by atoms with Crippen molar-refractivity contribution in [3.8, 4) is 23.0 Å². The highest BCUT2D eigenvalue weighted by Gasteiger charge is 2.17. The molecule has 0 atom stereocenters. The molecule has 2 rings (SSSR count). The molecule has 0 bridgehead atoms. The Labute approximate surface area is 124 Å². The van der Waals surface area contributed by atoms with E-state index in [9.17, 15) is 20.4 Å². The molecule has 0 radical (unpaired) electrons. The van der Waals surface area contributed by atoms with E-state index in [0.29, 0.717) is 0 Å². The standard InChI is InChI=1S/C14H10Cl2O4/c15-14(16)13(9-3-1-7(17)5-11(9)19)10-4-2-8(18)6-12(10)20/h1-6,17-20H. The summed E-state index contributed by atoms with van der Waals surface area (Å²) in [6.07, 6.45) is 0. The lowest BCUT2D eigenvalue weighted by Gasteiger charge is -2.12. The average molecular weight is 313 g/mol. The van der Waals surface area contributed by atoms with Crippen LogP contribution >= 0.6 is 23.2 Å². The van der Waals surface area contributed by atoms with Gasteiger partial charge >= 0.3 is 0 Å². The van der Waals surface area contributed by atoms with Crippen LogP contribution in [0.5, 0.6) is 23.0 Å². The molecular formula is C14H10Cl2O4. The molecule has 0 heterocycles. The fourth-order valence-corrected chi connectivity index (χ4v) is 2.22. The Morgan fingerprint density at radius 1 is 0.700 bits per heavy atom. The zero-order valence-electron chi connectivity index (χ0n) is 10.0. The molecule has 0 aliphatic heterocycles. The Balaban J connectivity index is 2.67. The number of phenols is 4. The lowest BCUT2D eigenvalue weighted by atomic mass is 9.97. The summed E-state index contributed by atoms with van der Waals surface area (Å²) in [4.78, 5) is 0. The number of rotatable bonds is 2. The number of aromatic hydroxyl groups is 4. The van der Waals surface area contributed by atoms with Crippen molar-refractivity contribution in [2.75, 3.05) is 0 Å². The van der Waals surface area contributed by atoms with Crippen LogP contribution in [0.25, 0.3) is 5.57 Å². The van der Waals surface area contributed by atoms with Gasteiger partial charge in [0.2, 0.25) is 0 Å². The first kappa shape index (κ1) is 14.4. The van der Waals surface area contributed by atoms with Gasteiger partial charge in [-0.2, -0.15) is 0 Å². The van der Waals surface area contributed by atoms with E-state index in [1.54, 1.807) is 0 Å². The molecule has 0 aromatic heterocycles. The second-order valence-corrected chi connectivity index (χ2v) is 4.99. The number of halogens is 2. The minimum atomic E-state index is -0.244. The van der Waals surface area contributed by atoms with Gasteiger partial charge in [-0.3, -0.25) is 0 Å². The Kier molecular flexibility index (Phi) is 3.97. The zero-order chi connectivity index (χ0) is 14.9. The van der Waals surface area contributed by atoms with Crippen LogP contribution in [0.15, 0.2) is 40.9 Å². The molecule has 0 fully saturated rings. The monoisotopic (exact) mass is 312 g/mol. The van der Waals surface area contributed by atoms with Crippen LogP contribution in [-0.4, -0.2) is 20.4 Å². The summed E-state index contributed by atoms with van der Waals surface area (Å²) >= 11 is 11.7. The molecule has 2 aromatic carbocycles. The summed E-state index contributed by atoms with van der Waals surface area (Å²) in [5, 5.41) is 38.3. The third-order valence-electron chi connectivity index (χ3n) is 2.69. The smallest absolute Gasteiger partial charge is 0.127 e. The van der Waals surface area contributed by atoms with E-state index in [4.69, 9.17) is 23.2 Å². The average Bonchev–Trinajstić information content (AvgIpc) is 2.34. The van der Waals surface area contributed by atoms with Crippen molar-refractivity contribution >= 4 is 28.8 Å². The predicted molar refractivity (Wildman–Crippen MR) is 77.3 cm³/mol. The van der Waals surface area contributed by atoms with Crippen LogP contribution in [0.4, 0.5) is 0 Å². The molecule has 0 unspecified atom stereocenters. The van der Waals surface area contributed by atoms with Gasteiger partial charge in [-0.1, -0.05) is 23.2 Å². The number of hydrogen-bond acceptors (Lipinski definition) is 4. The summed E-state index contributed by atoms with van der Waals surface area (Å²) in [6, 6.07) is 7.79. The Hall–Kier alpha value is -2.04. The fraction of sp³-hybridized carbons (Fsp3) is 0. The number of benzene rings is 2. The van der Waals surface area contributed by atoms with Crippen LogP contribution in [0, 0.1) is 0 Å². The minimum Gasteiger partial charge on any atom is -0.508 e. The van der Waals surface area contributed by atoms with E-state index < -0.39 is 0 Å². The molecule has 0 aliphatic carbocycles. The molecule has 6 heteroatoms. The summed E-state index contributed by atoms with van der Waals surface area (Å²) in [5.41, 5.74) is 0.663. The maximum Gasteiger partial charge on any atom is 0.127 e. The van der Waals surface area contributed by atoms with Crippen molar-refractivity contribution in [3.05, 3.63) is 52.0 Å². The Morgan fingerprint density at radius 3 is 1.40 bits per heavy atom. The highest BCUT2D eigenvalue weighted by atomic mass is 35.5. The third kappa shape index (κ3) is 2.76. The molecule has 0 aliphatic rings. The first-order valence-corrected chi connectivity index (χ1v) is 6.25. The minimum absolute atomic E-state index is 0.119. The van der Waals surface area contributed by atoms with Crippen molar-refractivity contribution in [3.63, 3.8) is 0 Å². The van der Waals surface area contributed by atoms with Gasteiger partial charge in [-0.05, 0) is 24.3 Å². The molecule has 0 saturated heterocycles. The van der Waals surface area contributed by atoms with Gasteiger partial charge in [0, 0.05) is 28.8 Å². The summed E-state index contributed by atoms with van der Waals surface area (Å²) in [7, 11) is 0. The van der Waals surface area contributed by atoms with E-state index in [0.717, 1.165) is 12.1 Å². The van der Waals surface area contributed by atoms with Crippen molar-refractivity contribution in [2.45, 2.75) is 0 Å². The van der Waals surface area contributed by atoms with E-state index in [1.165, 1.54) is 24.3 Å². The van der Waals surface area contributed by atoms with Crippen LogP contribution < -0.4 is 0 Å². The zero-order valence-corrected chi connectivity index (χ0v) is 11.5. The molecule has 20 heavy (non-hydrogen) atoms. The Bertz CT molecular complexity index is 638. The van der Waals surface area contributed by atoms with Gasteiger partial charge < -0.3 is 20.4 Å². The number of hydrogen-bond donors (Lipinski definition) is 4. The largest absolute Gasteiger partial charge is 0.508 e. The highest BCUT2D eigenvalue weighted by Crippen LogP contribution is 2.41. The van der Waals surface area contributed by atoms with E-state index in [2.05, 4.69) is 0 Å². The summed E-state index contributed by atoms with van der Waals surface area (Å²) in [6.45, 7) is 0. The molecule has 4 nitrogen and oxygen atoms in total. The lowest BCUT2D eigenvalue weighted by molar-refractivity contribution is 0.448. The Morgan fingerprint density at radius 2 is 1.10 bits per heavy atom. The molecule has 0 amide bonds. The van der Waals surface area contributed by atoms with E-state index in [1.807, 2.05) is 0 Å². The second-order valence-electron chi connectivity index (χ2n) is 4.04. The molecule has 0 spiro atoms. The summed E-state index contributed by atoms with van der Waals surface area (Å²) in [5.74, 6) is -0.727. The van der Waals surface area contributed by atoms with E-state index >= 15 is 0 Å². The second kappa shape index (κ2) is 5.53. The van der Waals surface area contributed by atoms with Crippen molar-refractivity contribution in [2.24, 2.45) is 0 Å². The maximum absolute atomic E-state index is 9.87. The van der Waals surface area contributed by atoms with Crippen LogP contribution in [0.1, 0.15) is 11.1 Å². The molecule has 104 valence electrons. The van der Waals surface area contributed by atoms with Gasteiger partial charge in [0.25, 0.3) is 0 Å². The van der Waals surface area contributed by atoms with Gasteiger partial charge in [0.15, 0.2) is 0 Å². The van der Waals surface area contributed by atoms with Gasteiger partial charge in [-0.25, -0.2) is 0 Å². The first-order valence-electron chi connectivity index (χ1n) is 5.50. The van der Waals surface area contributed by atoms with Crippen molar-refractivity contribution in [1.82, 2.24) is 0 Å². The predicted octanol–water partition coefficient (Wildman–Crippen LogP) is 3.70. The first-order chi connectivity index (χ1) is 9.40. The molecular weight excluding hydrogens is 303 g/mol. The van der Waals surface area contributed by atoms with Crippen LogP contribution in [-0.2, 0) is 0 Å². The fourth-order valence-electron chi connectivity index (χ4n) is 1.81. The maximum atomic E-state index is 9.87. The van der Waals surface area contributed by atoms with Gasteiger partial charge in [0.1, 0.15) is 27.5 Å². The lowest BCUT2D eigenvalue weighted by Crippen LogP contribution is -1.91.